The van der Waals surface area contributed by atoms with Crippen molar-refractivity contribution in [2.24, 2.45) is 0 Å². The number of piperazine rings is 1. The summed E-state index contributed by atoms with van der Waals surface area (Å²) in [5.74, 6) is 1.60. The van der Waals surface area contributed by atoms with E-state index in [0.29, 0.717) is 6.61 Å². The zero-order valence-corrected chi connectivity index (χ0v) is 17.1. The van der Waals surface area contributed by atoms with E-state index in [0.717, 1.165) is 56.7 Å². The third kappa shape index (κ3) is 6.36. The Bertz CT molecular complexity index is 609. The van der Waals surface area contributed by atoms with Gasteiger partial charge in [-0.2, -0.15) is 0 Å². The molecule has 146 valence electrons. The highest BCUT2D eigenvalue weighted by molar-refractivity contribution is 6.62. The quantitative estimate of drug-likeness (QED) is 0.634. The molecule has 0 aromatic heterocycles. The van der Waals surface area contributed by atoms with Gasteiger partial charge in [-0.3, -0.25) is 0 Å². The number of benzene rings is 2. The summed E-state index contributed by atoms with van der Waals surface area (Å²) in [5.41, 5.74) is 0. The lowest BCUT2D eigenvalue weighted by molar-refractivity contribution is 0.168. The minimum absolute atomic E-state index is 0.569. The molecular formula is C21H30N2O3Si. The van der Waals surface area contributed by atoms with E-state index in [-0.39, 0.29) is 0 Å². The molecule has 0 atom stereocenters. The van der Waals surface area contributed by atoms with Gasteiger partial charge in [0.25, 0.3) is 0 Å². The Hall–Kier alpha value is -1.86. The van der Waals surface area contributed by atoms with E-state index in [1.165, 1.54) is 0 Å². The first-order chi connectivity index (χ1) is 13.3. The van der Waals surface area contributed by atoms with Gasteiger partial charge >= 0.3 is 8.80 Å². The number of para-hydroxylation sites is 2. The van der Waals surface area contributed by atoms with Gasteiger partial charge < -0.3 is 23.5 Å². The molecule has 1 N–H and O–H groups in total. The SMILES string of the molecule is CCO[Si](CCCN1CCNCC1)(Oc1ccccc1)Oc1ccccc1. The molecule has 1 aliphatic heterocycles. The summed E-state index contributed by atoms with van der Waals surface area (Å²) in [6, 6.07) is 20.5. The maximum Gasteiger partial charge on any atom is 0.632 e. The monoisotopic (exact) mass is 386 g/mol. The molecule has 6 heteroatoms. The van der Waals surface area contributed by atoms with Crippen LogP contribution in [0.2, 0.25) is 6.04 Å². The van der Waals surface area contributed by atoms with Crippen molar-refractivity contribution >= 4 is 8.80 Å². The van der Waals surface area contributed by atoms with Crippen LogP contribution >= 0.6 is 0 Å². The first-order valence-corrected chi connectivity index (χ1v) is 11.8. The maximum atomic E-state index is 6.40. The Balaban J connectivity index is 1.72. The molecule has 0 amide bonds. The van der Waals surface area contributed by atoms with E-state index >= 15 is 0 Å². The number of nitrogens with one attached hydrogen (secondary N) is 1. The van der Waals surface area contributed by atoms with Crippen molar-refractivity contribution in [1.82, 2.24) is 10.2 Å². The van der Waals surface area contributed by atoms with Crippen molar-refractivity contribution in [2.45, 2.75) is 19.4 Å². The molecular weight excluding hydrogens is 356 g/mol. The average molecular weight is 387 g/mol. The Morgan fingerprint density at radius 3 is 1.96 bits per heavy atom. The average Bonchev–Trinajstić information content (AvgIpc) is 2.70. The Morgan fingerprint density at radius 1 is 0.889 bits per heavy atom. The zero-order chi connectivity index (χ0) is 18.8. The first-order valence-electron chi connectivity index (χ1n) is 9.85. The smallest absolute Gasteiger partial charge is 0.492 e. The lowest BCUT2D eigenvalue weighted by Crippen LogP contribution is -2.52. The van der Waals surface area contributed by atoms with Crippen LogP contribution in [0.4, 0.5) is 0 Å². The van der Waals surface area contributed by atoms with Gasteiger partial charge in [-0.1, -0.05) is 36.4 Å². The van der Waals surface area contributed by atoms with E-state index in [2.05, 4.69) is 10.2 Å². The predicted molar refractivity (Wildman–Crippen MR) is 110 cm³/mol. The van der Waals surface area contributed by atoms with Gasteiger partial charge in [0.15, 0.2) is 0 Å². The van der Waals surface area contributed by atoms with Crippen LogP contribution in [-0.2, 0) is 4.43 Å². The fourth-order valence-electron chi connectivity index (χ4n) is 3.26. The van der Waals surface area contributed by atoms with Crippen molar-refractivity contribution in [2.75, 3.05) is 39.3 Å². The zero-order valence-electron chi connectivity index (χ0n) is 16.1. The molecule has 3 rings (SSSR count). The molecule has 0 radical (unpaired) electrons. The topological polar surface area (TPSA) is 43.0 Å². The third-order valence-corrected chi connectivity index (χ3v) is 7.35. The van der Waals surface area contributed by atoms with Crippen LogP contribution in [0.15, 0.2) is 60.7 Å². The second-order valence-corrected chi connectivity index (χ2v) is 9.20. The number of hydrogen-bond acceptors (Lipinski definition) is 5. The van der Waals surface area contributed by atoms with E-state index in [4.69, 9.17) is 13.3 Å². The van der Waals surface area contributed by atoms with Gasteiger partial charge in [-0.15, -0.1) is 0 Å². The van der Waals surface area contributed by atoms with Crippen LogP contribution in [0.3, 0.4) is 0 Å². The largest absolute Gasteiger partial charge is 0.632 e. The molecule has 0 bridgehead atoms. The van der Waals surface area contributed by atoms with Crippen molar-refractivity contribution < 1.29 is 13.3 Å². The van der Waals surface area contributed by atoms with Gasteiger partial charge in [0.05, 0.1) is 0 Å². The van der Waals surface area contributed by atoms with Crippen LogP contribution in [0, 0.1) is 0 Å². The molecule has 5 nitrogen and oxygen atoms in total. The van der Waals surface area contributed by atoms with E-state index in [9.17, 15) is 0 Å². The maximum absolute atomic E-state index is 6.40. The van der Waals surface area contributed by atoms with Gasteiger partial charge in [0.2, 0.25) is 0 Å². The molecule has 0 saturated carbocycles. The van der Waals surface area contributed by atoms with E-state index in [1.54, 1.807) is 0 Å². The summed E-state index contributed by atoms with van der Waals surface area (Å²) in [5, 5.41) is 3.40. The highest BCUT2D eigenvalue weighted by atomic mass is 28.4. The van der Waals surface area contributed by atoms with Gasteiger partial charge in [-0.05, 0) is 44.2 Å². The molecule has 27 heavy (non-hydrogen) atoms. The Kier molecular flexibility index (Phi) is 7.71. The summed E-state index contributed by atoms with van der Waals surface area (Å²) >= 11 is 0. The van der Waals surface area contributed by atoms with Gasteiger partial charge in [-0.25, -0.2) is 0 Å². The standard InChI is InChI=1S/C21H30N2O3Si/c1-2-24-27(25-20-10-5-3-6-11-20,26-21-12-7-4-8-13-21)19-9-16-23-17-14-22-15-18-23/h3-8,10-13,22H,2,9,14-19H2,1H3. The van der Waals surface area contributed by atoms with Crippen molar-refractivity contribution in [1.29, 1.82) is 0 Å². The number of rotatable bonds is 10. The molecule has 0 spiro atoms. The Labute approximate surface area is 163 Å². The summed E-state index contributed by atoms with van der Waals surface area (Å²) in [6.07, 6.45) is 0.992. The Morgan fingerprint density at radius 2 is 1.44 bits per heavy atom. The predicted octanol–water partition coefficient (Wildman–Crippen LogP) is 3.42. The van der Waals surface area contributed by atoms with Crippen LogP contribution < -0.4 is 14.2 Å². The number of nitrogens with zero attached hydrogens (tertiary/aromatic N) is 1. The van der Waals surface area contributed by atoms with Crippen molar-refractivity contribution in [3.8, 4) is 11.5 Å². The molecule has 1 saturated heterocycles. The molecule has 0 aliphatic carbocycles. The molecule has 1 fully saturated rings. The lowest BCUT2D eigenvalue weighted by Gasteiger charge is -2.31. The fraction of sp³-hybridized carbons (Fsp3) is 0.429. The number of hydrogen-bond donors (Lipinski definition) is 1. The van der Waals surface area contributed by atoms with Crippen LogP contribution in [0.1, 0.15) is 13.3 Å². The minimum Gasteiger partial charge on any atom is -0.492 e. The van der Waals surface area contributed by atoms with E-state index in [1.807, 2.05) is 67.6 Å². The van der Waals surface area contributed by atoms with Crippen molar-refractivity contribution in [3.63, 3.8) is 0 Å². The highest BCUT2D eigenvalue weighted by Gasteiger charge is 2.45. The normalized spacial score (nSPS) is 15.4. The minimum atomic E-state index is -2.90. The third-order valence-electron chi connectivity index (χ3n) is 4.56. The summed E-state index contributed by atoms with van der Waals surface area (Å²) in [4.78, 5) is 2.49. The lowest BCUT2D eigenvalue weighted by atomic mass is 10.3. The highest BCUT2D eigenvalue weighted by Crippen LogP contribution is 2.25. The van der Waals surface area contributed by atoms with E-state index < -0.39 is 8.80 Å². The van der Waals surface area contributed by atoms with Crippen LogP contribution in [0.25, 0.3) is 0 Å². The molecule has 2 aromatic rings. The van der Waals surface area contributed by atoms with Crippen LogP contribution in [-0.4, -0.2) is 53.0 Å². The first kappa shape index (κ1) is 19.9. The fourth-order valence-corrected chi connectivity index (χ4v) is 5.79. The molecule has 2 aromatic carbocycles. The van der Waals surface area contributed by atoms with Gasteiger partial charge in [0.1, 0.15) is 11.5 Å². The summed E-state index contributed by atoms with van der Waals surface area (Å²) in [7, 11) is -2.90. The second kappa shape index (κ2) is 10.5. The molecule has 0 unspecified atom stereocenters. The molecule has 1 heterocycles. The molecule has 1 aliphatic rings. The summed E-state index contributed by atoms with van der Waals surface area (Å²) in [6.45, 7) is 7.94. The van der Waals surface area contributed by atoms with Gasteiger partial charge in [0, 0.05) is 38.8 Å². The van der Waals surface area contributed by atoms with Crippen molar-refractivity contribution in [3.05, 3.63) is 60.7 Å². The second-order valence-electron chi connectivity index (χ2n) is 6.64. The summed E-state index contributed by atoms with van der Waals surface area (Å²) < 4.78 is 19.0. The van der Waals surface area contributed by atoms with Crippen LogP contribution in [0.5, 0.6) is 11.5 Å².